The summed E-state index contributed by atoms with van der Waals surface area (Å²) in [6.45, 7) is 6.99. The van der Waals surface area contributed by atoms with Gasteiger partial charge in [0.05, 0.1) is 22.8 Å². The first-order chi connectivity index (χ1) is 18.3. The molecule has 0 spiro atoms. The number of thiophene rings is 1. The monoisotopic (exact) mass is 553 g/mol. The number of ether oxygens (including phenoxy) is 1. The molecular weight excluding hydrogens is 522 g/mol. The molecule has 0 atom stereocenters. The maximum absolute atomic E-state index is 13.4. The van der Waals surface area contributed by atoms with E-state index in [9.17, 15) is 18.0 Å². The summed E-state index contributed by atoms with van der Waals surface area (Å²) >= 11 is 1.40. The maximum atomic E-state index is 13.4. The maximum Gasteiger partial charge on any atom is 0.341 e. The third-order valence-electron chi connectivity index (χ3n) is 7.06. The standard InChI is InChI=1S/C28H31N3O5S2/c1-3-30-17-15-22-24(18-30)37-27(25(22)28(33)36-4-2)29-26(32)20-11-13-21(14-12-20)38(34,35)31-16-7-9-19-8-5-6-10-23(19)31/h5-6,8,10-14H,3-4,7,9,15-18H2,1-2H3,(H,29,32). The van der Waals surface area contributed by atoms with Gasteiger partial charge in [-0.2, -0.15) is 0 Å². The molecule has 0 aliphatic carbocycles. The number of nitrogens with one attached hydrogen (secondary N) is 1. The first-order valence-electron chi connectivity index (χ1n) is 12.9. The molecule has 10 heteroatoms. The molecule has 1 amide bonds. The Kier molecular flexibility index (Phi) is 7.56. The Hall–Kier alpha value is -3.21. The number of carbonyl (C=O) groups excluding carboxylic acids is 2. The topological polar surface area (TPSA) is 96.0 Å². The van der Waals surface area contributed by atoms with Crippen molar-refractivity contribution >= 4 is 43.9 Å². The summed E-state index contributed by atoms with van der Waals surface area (Å²) < 4.78 is 33.6. The summed E-state index contributed by atoms with van der Waals surface area (Å²) in [7, 11) is -3.77. The van der Waals surface area contributed by atoms with Gasteiger partial charge in [-0.05, 0) is 74.2 Å². The van der Waals surface area contributed by atoms with Gasteiger partial charge in [-0.1, -0.05) is 25.1 Å². The average Bonchev–Trinajstić information content (AvgIpc) is 3.29. The summed E-state index contributed by atoms with van der Waals surface area (Å²) in [5.74, 6) is -0.845. The minimum absolute atomic E-state index is 0.129. The summed E-state index contributed by atoms with van der Waals surface area (Å²) in [6, 6.07) is 13.5. The van der Waals surface area contributed by atoms with E-state index >= 15 is 0 Å². The predicted octanol–water partition coefficient (Wildman–Crippen LogP) is 4.70. The van der Waals surface area contributed by atoms with Crippen molar-refractivity contribution in [3.63, 3.8) is 0 Å². The molecule has 3 heterocycles. The largest absolute Gasteiger partial charge is 0.462 e. The van der Waals surface area contributed by atoms with E-state index in [1.807, 2.05) is 24.3 Å². The fourth-order valence-corrected chi connectivity index (χ4v) is 7.88. The zero-order chi connectivity index (χ0) is 26.9. The fourth-order valence-electron chi connectivity index (χ4n) is 5.06. The predicted molar refractivity (Wildman–Crippen MR) is 149 cm³/mol. The number of hydrogen-bond acceptors (Lipinski definition) is 7. The molecule has 2 aliphatic rings. The van der Waals surface area contributed by atoms with Crippen LogP contribution in [0.3, 0.4) is 0 Å². The lowest BCUT2D eigenvalue weighted by atomic mass is 10.0. The highest BCUT2D eigenvalue weighted by Gasteiger charge is 2.31. The third kappa shape index (κ3) is 4.95. The van der Waals surface area contributed by atoms with Crippen LogP contribution in [-0.2, 0) is 34.1 Å². The normalized spacial score (nSPS) is 15.5. The van der Waals surface area contributed by atoms with Crippen LogP contribution < -0.4 is 9.62 Å². The summed E-state index contributed by atoms with van der Waals surface area (Å²) in [5.41, 5.74) is 3.39. The molecule has 3 aromatic rings. The van der Waals surface area contributed by atoms with E-state index in [0.717, 1.165) is 54.9 Å². The zero-order valence-corrected chi connectivity index (χ0v) is 23.2. The molecule has 0 saturated heterocycles. The number of para-hydroxylation sites is 1. The Labute approximate surface area is 227 Å². The smallest absolute Gasteiger partial charge is 0.341 e. The molecule has 0 unspecified atom stereocenters. The fraction of sp³-hybridized carbons (Fsp3) is 0.357. The minimum atomic E-state index is -3.77. The number of carbonyl (C=O) groups is 2. The van der Waals surface area contributed by atoms with Crippen molar-refractivity contribution in [2.45, 2.75) is 44.6 Å². The molecule has 1 aromatic heterocycles. The molecule has 0 saturated carbocycles. The Morgan fingerprint density at radius 2 is 1.79 bits per heavy atom. The quantitative estimate of drug-likeness (QED) is 0.426. The molecule has 8 nitrogen and oxygen atoms in total. The number of fused-ring (bicyclic) bond motifs is 2. The number of aryl methyl sites for hydroxylation is 1. The van der Waals surface area contributed by atoms with Crippen LogP contribution in [0.25, 0.3) is 0 Å². The summed E-state index contributed by atoms with van der Waals surface area (Å²) in [6.07, 6.45) is 2.31. The number of amides is 1. The highest BCUT2D eigenvalue weighted by Crippen LogP contribution is 2.38. The van der Waals surface area contributed by atoms with E-state index in [0.29, 0.717) is 28.4 Å². The van der Waals surface area contributed by atoms with Crippen molar-refractivity contribution in [1.29, 1.82) is 0 Å². The number of likely N-dealkylation sites (N-methyl/N-ethyl adjacent to an activating group) is 1. The molecular formula is C28H31N3O5S2. The number of sulfonamides is 1. The second kappa shape index (κ2) is 10.9. The number of anilines is 2. The number of benzene rings is 2. The van der Waals surface area contributed by atoms with E-state index in [2.05, 4.69) is 17.1 Å². The molecule has 200 valence electrons. The molecule has 0 radical (unpaired) electrons. The number of nitrogens with zero attached hydrogens (tertiary/aromatic N) is 2. The van der Waals surface area contributed by atoms with Gasteiger partial charge in [-0.15, -0.1) is 11.3 Å². The van der Waals surface area contributed by atoms with E-state index < -0.39 is 21.9 Å². The van der Waals surface area contributed by atoms with Crippen LogP contribution in [0.5, 0.6) is 0 Å². The highest BCUT2D eigenvalue weighted by atomic mass is 32.2. The lowest BCUT2D eigenvalue weighted by Gasteiger charge is -2.30. The zero-order valence-electron chi connectivity index (χ0n) is 21.5. The second-order valence-corrected chi connectivity index (χ2v) is 12.3. The lowest BCUT2D eigenvalue weighted by Crippen LogP contribution is -2.35. The summed E-state index contributed by atoms with van der Waals surface area (Å²) in [4.78, 5) is 29.5. The van der Waals surface area contributed by atoms with E-state index in [-0.39, 0.29) is 11.5 Å². The molecule has 38 heavy (non-hydrogen) atoms. The molecule has 5 rings (SSSR count). The van der Waals surface area contributed by atoms with Gasteiger partial charge >= 0.3 is 5.97 Å². The van der Waals surface area contributed by atoms with E-state index in [1.54, 1.807) is 6.92 Å². The van der Waals surface area contributed by atoms with Crippen molar-refractivity contribution in [3.8, 4) is 0 Å². The van der Waals surface area contributed by atoms with Gasteiger partial charge in [0.15, 0.2) is 0 Å². The van der Waals surface area contributed by atoms with Gasteiger partial charge in [0.1, 0.15) is 5.00 Å². The van der Waals surface area contributed by atoms with Crippen molar-refractivity contribution in [3.05, 3.63) is 75.7 Å². The van der Waals surface area contributed by atoms with Crippen LogP contribution in [0.4, 0.5) is 10.7 Å². The Bertz CT molecular complexity index is 1460. The van der Waals surface area contributed by atoms with Crippen LogP contribution in [0, 0.1) is 0 Å². The van der Waals surface area contributed by atoms with Gasteiger partial charge in [-0.3, -0.25) is 14.0 Å². The Morgan fingerprint density at radius 3 is 2.53 bits per heavy atom. The van der Waals surface area contributed by atoms with Crippen LogP contribution in [-0.4, -0.2) is 51.4 Å². The van der Waals surface area contributed by atoms with Crippen molar-refractivity contribution in [2.24, 2.45) is 0 Å². The number of esters is 1. The van der Waals surface area contributed by atoms with Crippen molar-refractivity contribution in [1.82, 2.24) is 4.90 Å². The lowest BCUT2D eigenvalue weighted by molar-refractivity contribution is 0.0526. The van der Waals surface area contributed by atoms with Gasteiger partial charge < -0.3 is 10.1 Å². The molecule has 0 fully saturated rings. The van der Waals surface area contributed by atoms with E-state index in [1.165, 1.54) is 39.9 Å². The van der Waals surface area contributed by atoms with Gasteiger partial charge in [0.2, 0.25) is 0 Å². The van der Waals surface area contributed by atoms with Crippen molar-refractivity contribution in [2.75, 3.05) is 35.9 Å². The average molecular weight is 554 g/mol. The van der Waals surface area contributed by atoms with Gasteiger partial charge in [-0.25, -0.2) is 13.2 Å². The SMILES string of the molecule is CCOC(=O)c1c(NC(=O)c2ccc(S(=O)(=O)N3CCCc4ccccc43)cc2)sc2c1CCN(CC)C2. The molecule has 0 bridgehead atoms. The highest BCUT2D eigenvalue weighted by molar-refractivity contribution is 7.92. The van der Waals surface area contributed by atoms with E-state index in [4.69, 9.17) is 4.74 Å². The van der Waals surface area contributed by atoms with Crippen LogP contribution in [0.1, 0.15) is 57.0 Å². The Morgan fingerprint density at radius 1 is 1.03 bits per heavy atom. The van der Waals surface area contributed by atoms with Crippen LogP contribution in [0.2, 0.25) is 0 Å². The summed E-state index contributed by atoms with van der Waals surface area (Å²) in [5, 5.41) is 3.36. The number of rotatable bonds is 7. The van der Waals surface area contributed by atoms with Crippen LogP contribution >= 0.6 is 11.3 Å². The third-order valence-corrected chi connectivity index (χ3v) is 10.0. The minimum Gasteiger partial charge on any atom is -0.462 e. The molecule has 2 aromatic carbocycles. The van der Waals surface area contributed by atoms with Gasteiger partial charge in [0, 0.05) is 30.1 Å². The Balaban J connectivity index is 1.38. The first kappa shape index (κ1) is 26.4. The molecule has 1 N–H and O–H groups in total. The molecule has 2 aliphatic heterocycles. The van der Waals surface area contributed by atoms with Crippen LogP contribution in [0.15, 0.2) is 53.4 Å². The van der Waals surface area contributed by atoms with Crippen molar-refractivity contribution < 1.29 is 22.7 Å². The number of hydrogen-bond donors (Lipinski definition) is 1. The second-order valence-electron chi connectivity index (χ2n) is 9.34. The van der Waals surface area contributed by atoms with Gasteiger partial charge in [0.25, 0.3) is 15.9 Å². The first-order valence-corrected chi connectivity index (χ1v) is 15.1.